The fourth-order valence-electron chi connectivity index (χ4n) is 2.76. The summed E-state index contributed by atoms with van der Waals surface area (Å²) < 4.78 is 0. The molecule has 1 aliphatic rings. The highest BCUT2D eigenvalue weighted by atomic mass is 16.3. The van der Waals surface area contributed by atoms with Crippen molar-refractivity contribution >= 4 is 0 Å². The number of rotatable bonds is 2. The van der Waals surface area contributed by atoms with Gasteiger partial charge < -0.3 is 5.11 Å². The van der Waals surface area contributed by atoms with E-state index in [0.29, 0.717) is 0 Å². The van der Waals surface area contributed by atoms with E-state index in [4.69, 9.17) is 0 Å². The second kappa shape index (κ2) is 3.97. The predicted molar refractivity (Wildman–Crippen MR) is 63.0 cm³/mol. The highest BCUT2D eigenvalue weighted by Gasteiger charge is 2.30. The van der Waals surface area contributed by atoms with Gasteiger partial charge in [-0.05, 0) is 32.3 Å². The molecule has 1 aromatic rings. The van der Waals surface area contributed by atoms with E-state index in [1.54, 1.807) is 0 Å². The van der Waals surface area contributed by atoms with Gasteiger partial charge in [0, 0.05) is 6.42 Å². The highest BCUT2D eigenvalue weighted by Crippen LogP contribution is 2.32. The Morgan fingerprint density at radius 2 is 1.60 bits per heavy atom. The lowest BCUT2D eigenvalue weighted by Gasteiger charge is -2.22. The van der Waals surface area contributed by atoms with Gasteiger partial charge in [-0.2, -0.15) is 0 Å². The van der Waals surface area contributed by atoms with Crippen molar-refractivity contribution in [3.05, 3.63) is 34.9 Å². The van der Waals surface area contributed by atoms with Crippen LogP contribution in [0.1, 0.15) is 42.4 Å². The number of hydrogen-bond acceptors (Lipinski definition) is 1. The topological polar surface area (TPSA) is 20.2 Å². The van der Waals surface area contributed by atoms with Gasteiger partial charge in [-0.3, -0.25) is 0 Å². The molecular weight excluding hydrogens is 184 g/mol. The van der Waals surface area contributed by atoms with Crippen LogP contribution in [0.4, 0.5) is 0 Å². The van der Waals surface area contributed by atoms with Crippen LogP contribution in [0.15, 0.2) is 18.2 Å². The average Bonchev–Trinajstić information content (AvgIpc) is 2.49. The smallest absolute Gasteiger partial charge is 0.0688 e. The molecule has 1 heteroatoms. The van der Waals surface area contributed by atoms with Crippen molar-refractivity contribution in [2.24, 2.45) is 0 Å². The van der Waals surface area contributed by atoms with Gasteiger partial charge in [0.1, 0.15) is 0 Å². The first kappa shape index (κ1) is 10.7. The Morgan fingerprint density at radius 1 is 1.07 bits per heavy atom. The van der Waals surface area contributed by atoms with Gasteiger partial charge >= 0.3 is 0 Å². The van der Waals surface area contributed by atoms with Crippen molar-refractivity contribution in [2.45, 2.75) is 51.6 Å². The Morgan fingerprint density at radius 3 is 2.13 bits per heavy atom. The normalized spacial score (nSPS) is 19.4. The minimum atomic E-state index is -0.416. The molecule has 0 spiro atoms. The van der Waals surface area contributed by atoms with E-state index >= 15 is 0 Å². The summed E-state index contributed by atoms with van der Waals surface area (Å²) in [5.41, 5.74) is 3.47. The summed E-state index contributed by atoms with van der Waals surface area (Å²) in [5.74, 6) is 0. The van der Waals surface area contributed by atoms with Crippen LogP contribution in [0.5, 0.6) is 0 Å². The molecule has 15 heavy (non-hydrogen) atoms. The van der Waals surface area contributed by atoms with Gasteiger partial charge in [-0.15, -0.1) is 0 Å². The van der Waals surface area contributed by atoms with E-state index < -0.39 is 5.60 Å². The summed E-state index contributed by atoms with van der Waals surface area (Å²) >= 11 is 0. The lowest BCUT2D eigenvalue weighted by molar-refractivity contribution is 0.0482. The number of aryl methyl sites for hydroxylation is 2. The molecule has 1 aliphatic carbocycles. The van der Waals surface area contributed by atoms with Gasteiger partial charge in [0.15, 0.2) is 0 Å². The van der Waals surface area contributed by atoms with E-state index in [1.807, 2.05) is 0 Å². The second-order valence-electron chi connectivity index (χ2n) is 5.10. The molecular formula is C14H20O. The maximum Gasteiger partial charge on any atom is 0.0688 e. The van der Waals surface area contributed by atoms with Crippen LogP contribution < -0.4 is 0 Å². The van der Waals surface area contributed by atoms with Gasteiger partial charge in [0.25, 0.3) is 0 Å². The molecule has 0 aromatic heterocycles. The van der Waals surface area contributed by atoms with Crippen molar-refractivity contribution in [1.29, 1.82) is 0 Å². The van der Waals surface area contributed by atoms with Gasteiger partial charge in [-0.25, -0.2) is 0 Å². The molecule has 0 saturated heterocycles. The van der Waals surface area contributed by atoms with E-state index in [2.05, 4.69) is 32.0 Å². The zero-order valence-electron chi connectivity index (χ0n) is 9.71. The first-order valence-electron chi connectivity index (χ1n) is 5.87. The Hall–Kier alpha value is -0.820. The Bertz CT molecular complexity index is 328. The molecule has 82 valence electrons. The molecule has 0 bridgehead atoms. The van der Waals surface area contributed by atoms with Crippen molar-refractivity contribution in [3.8, 4) is 0 Å². The molecule has 1 saturated carbocycles. The summed E-state index contributed by atoms with van der Waals surface area (Å²) in [4.78, 5) is 0. The Balaban J connectivity index is 2.16. The first-order valence-corrected chi connectivity index (χ1v) is 5.87. The average molecular weight is 204 g/mol. The minimum absolute atomic E-state index is 0.416. The summed E-state index contributed by atoms with van der Waals surface area (Å²) in [7, 11) is 0. The molecule has 1 nitrogen and oxygen atoms in total. The standard InChI is InChI=1S/C14H20O/c1-11-7-12(2)9-13(8-11)10-14(15)5-3-4-6-14/h7-9,15H,3-6,10H2,1-2H3. The number of aliphatic hydroxyl groups is 1. The monoisotopic (exact) mass is 204 g/mol. The highest BCUT2D eigenvalue weighted by molar-refractivity contribution is 5.29. The first-order chi connectivity index (χ1) is 7.07. The zero-order valence-corrected chi connectivity index (χ0v) is 9.71. The third-order valence-electron chi connectivity index (χ3n) is 3.35. The van der Waals surface area contributed by atoms with Crippen LogP contribution in [-0.2, 0) is 6.42 Å². The van der Waals surface area contributed by atoms with E-state index in [0.717, 1.165) is 19.3 Å². The summed E-state index contributed by atoms with van der Waals surface area (Å²) in [6, 6.07) is 6.58. The zero-order chi connectivity index (χ0) is 10.9. The Kier molecular flexibility index (Phi) is 2.83. The molecule has 0 heterocycles. The quantitative estimate of drug-likeness (QED) is 0.784. The molecule has 0 aliphatic heterocycles. The molecule has 1 aromatic carbocycles. The maximum absolute atomic E-state index is 10.3. The van der Waals surface area contributed by atoms with Crippen molar-refractivity contribution < 1.29 is 5.11 Å². The van der Waals surface area contributed by atoms with Crippen molar-refractivity contribution in [2.75, 3.05) is 0 Å². The van der Waals surface area contributed by atoms with Crippen LogP contribution >= 0.6 is 0 Å². The molecule has 0 radical (unpaired) electrons. The van der Waals surface area contributed by atoms with E-state index in [1.165, 1.54) is 29.5 Å². The largest absolute Gasteiger partial charge is 0.390 e. The summed E-state index contributed by atoms with van der Waals surface area (Å²) in [6.45, 7) is 4.24. The van der Waals surface area contributed by atoms with Crippen LogP contribution in [0.25, 0.3) is 0 Å². The summed E-state index contributed by atoms with van der Waals surface area (Å²) in [5, 5.41) is 10.3. The minimum Gasteiger partial charge on any atom is -0.390 e. The molecule has 2 rings (SSSR count). The number of benzene rings is 1. The van der Waals surface area contributed by atoms with Crippen LogP contribution in [0.3, 0.4) is 0 Å². The summed E-state index contributed by atoms with van der Waals surface area (Å²) in [6.07, 6.45) is 5.14. The predicted octanol–water partition coefficient (Wildman–Crippen LogP) is 3.15. The lowest BCUT2D eigenvalue weighted by atomic mass is 9.91. The van der Waals surface area contributed by atoms with Gasteiger partial charge in [-0.1, -0.05) is 42.2 Å². The van der Waals surface area contributed by atoms with Crippen LogP contribution in [-0.4, -0.2) is 10.7 Å². The third kappa shape index (κ3) is 2.60. The number of hydrogen-bond donors (Lipinski definition) is 1. The molecule has 0 unspecified atom stereocenters. The molecule has 0 amide bonds. The van der Waals surface area contributed by atoms with Gasteiger partial charge in [0.2, 0.25) is 0 Å². The second-order valence-corrected chi connectivity index (χ2v) is 5.10. The Labute approximate surface area is 92.1 Å². The molecule has 1 fully saturated rings. The van der Waals surface area contributed by atoms with Crippen LogP contribution in [0, 0.1) is 13.8 Å². The van der Waals surface area contributed by atoms with Gasteiger partial charge in [0.05, 0.1) is 5.60 Å². The molecule has 1 N–H and O–H groups in total. The van der Waals surface area contributed by atoms with E-state index in [9.17, 15) is 5.11 Å². The lowest BCUT2D eigenvalue weighted by Crippen LogP contribution is -2.27. The van der Waals surface area contributed by atoms with Crippen molar-refractivity contribution in [1.82, 2.24) is 0 Å². The SMILES string of the molecule is Cc1cc(C)cc(CC2(O)CCCC2)c1. The fourth-order valence-corrected chi connectivity index (χ4v) is 2.76. The van der Waals surface area contributed by atoms with Crippen molar-refractivity contribution in [3.63, 3.8) is 0 Å². The third-order valence-corrected chi connectivity index (χ3v) is 3.35. The van der Waals surface area contributed by atoms with E-state index in [-0.39, 0.29) is 0 Å². The molecule has 0 atom stereocenters. The fraction of sp³-hybridized carbons (Fsp3) is 0.571. The van der Waals surface area contributed by atoms with Crippen LogP contribution in [0.2, 0.25) is 0 Å². The maximum atomic E-state index is 10.3.